The van der Waals surface area contributed by atoms with Crippen LogP contribution >= 0.6 is 11.3 Å². The van der Waals surface area contributed by atoms with Crippen molar-refractivity contribution >= 4 is 22.9 Å². The molecule has 0 unspecified atom stereocenters. The number of rotatable bonds is 4. The summed E-state index contributed by atoms with van der Waals surface area (Å²) in [7, 11) is 0. The average Bonchev–Trinajstić information content (AvgIpc) is 3.03. The van der Waals surface area contributed by atoms with Crippen LogP contribution in [-0.4, -0.2) is 46.8 Å². The summed E-state index contributed by atoms with van der Waals surface area (Å²) in [5, 5.41) is 13.0. The molecule has 1 aliphatic heterocycles. The second-order valence-corrected chi connectivity index (χ2v) is 7.17. The molecule has 3 rings (SSSR count). The molecule has 7 heteroatoms. The molecule has 2 aromatic rings. The van der Waals surface area contributed by atoms with Crippen LogP contribution in [0.4, 0.5) is 5.69 Å². The molecule has 6 nitrogen and oxygen atoms in total. The fourth-order valence-electron chi connectivity index (χ4n) is 3.17. The Balaban J connectivity index is 1.65. The first-order valence-corrected chi connectivity index (χ1v) is 9.22. The fourth-order valence-corrected chi connectivity index (χ4v) is 3.86. The lowest BCUT2D eigenvalue weighted by Gasteiger charge is -2.22. The van der Waals surface area contributed by atoms with Crippen molar-refractivity contribution in [3.8, 4) is 0 Å². The molecular weight excluding hydrogens is 338 g/mol. The molecule has 1 fully saturated rings. The molecule has 1 saturated heterocycles. The molecule has 2 heterocycles. The van der Waals surface area contributed by atoms with Gasteiger partial charge >= 0.3 is 0 Å². The number of nitro benzene ring substituents is 1. The zero-order chi connectivity index (χ0) is 17.8. The number of carbonyl (C=O) groups is 1. The van der Waals surface area contributed by atoms with Gasteiger partial charge in [-0.1, -0.05) is 18.2 Å². The van der Waals surface area contributed by atoms with Gasteiger partial charge in [-0.3, -0.25) is 19.8 Å². The van der Waals surface area contributed by atoms with Crippen LogP contribution in [0.1, 0.15) is 27.2 Å². The minimum atomic E-state index is -0.331. The van der Waals surface area contributed by atoms with Crippen LogP contribution in [0.15, 0.2) is 35.7 Å². The van der Waals surface area contributed by atoms with Crippen LogP contribution in [0.3, 0.4) is 0 Å². The van der Waals surface area contributed by atoms with Crippen LogP contribution < -0.4 is 0 Å². The number of hydrogen-bond donors (Lipinski definition) is 0. The van der Waals surface area contributed by atoms with Crippen molar-refractivity contribution in [2.75, 3.05) is 26.2 Å². The van der Waals surface area contributed by atoms with E-state index in [1.807, 2.05) is 28.5 Å². The summed E-state index contributed by atoms with van der Waals surface area (Å²) >= 11 is 1.47. The molecule has 0 N–H and O–H groups in total. The zero-order valence-corrected chi connectivity index (χ0v) is 15.0. The van der Waals surface area contributed by atoms with Crippen molar-refractivity contribution < 1.29 is 9.72 Å². The van der Waals surface area contributed by atoms with E-state index in [4.69, 9.17) is 0 Å². The molecule has 132 valence electrons. The van der Waals surface area contributed by atoms with E-state index in [9.17, 15) is 14.9 Å². The van der Waals surface area contributed by atoms with E-state index in [0.29, 0.717) is 13.1 Å². The summed E-state index contributed by atoms with van der Waals surface area (Å²) < 4.78 is 0. The molecule has 1 amide bonds. The predicted octanol–water partition coefficient (Wildman–Crippen LogP) is 3.31. The van der Waals surface area contributed by atoms with Gasteiger partial charge in [0.15, 0.2) is 0 Å². The zero-order valence-electron chi connectivity index (χ0n) is 14.2. The summed E-state index contributed by atoms with van der Waals surface area (Å²) in [6.45, 7) is 5.58. The molecule has 1 aliphatic rings. The molecule has 0 aliphatic carbocycles. The van der Waals surface area contributed by atoms with Gasteiger partial charge in [0.05, 0.1) is 9.80 Å². The first kappa shape index (κ1) is 17.6. The van der Waals surface area contributed by atoms with Crippen LogP contribution in [0, 0.1) is 17.0 Å². The largest absolute Gasteiger partial charge is 0.337 e. The quantitative estimate of drug-likeness (QED) is 0.620. The van der Waals surface area contributed by atoms with Crippen LogP contribution in [0.2, 0.25) is 0 Å². The second-order valence-electron chi connectivity index (χ2n) is 6.22. The van der Waals surface area contributed by atoms with Crippen molar-refractivity contribution in [3.05, 3.63) is 61.8 Å². The Labute approximate surface area is 150 Å². The van der Waals surface area contributed by atoms with Crippen molar-refractivity contribution in [1.82, 2.24) is 9.80 Å². The van der Waals surface area contributed by atoms with Crippen molar-refractivity contribution in [3.63, 3.8) is 0 Å². The maximum atomic E-state index is 12.5. The van der Waals surface area contributed by atoms with E-state index in [1.54, 1.807) is 19.1 Å². The molecule has 0 radical (unpaired) electrons. The third-order valence-electron chi connectivity index (χ3n) is 4.62. The monoisotopic (exact) mass is 359 g/mol. The Hall–Kier alpha value is -2.25. The maximum absolute atomic E-state index is 12.5. The Morgan fingerprint density at radius 2 is 2.04 bits per heavy atom. The number of carbonyl (C=O) groups excluding carboxylic acids is 1. The highest BCUT2D eigenvalue weighted by Gasteiger charge is 2.22. The Morgan fingerprint density at radius 1 is 1.20 bits per heavy atom. The summed E-state index contributed by atoms with van der Waals surface area (Å²) in [5.41, 5.74) is 1.87. The molecular formula is C18H21N3O3S. The lowest BCUT2D eigenvalue weighted by atomic mass is 10.1. The van der Waals surface area contributed by atoms with Crippen molar-refractivity contribution in [2.24, 2.45) is 0 Å². The highest BCUT2D eigenvalue weighted by atomic mass is 32.1. The SMILES string of the molecule is Cc1c(CN2CCCN(C(=O)c3cccs3)CC2)cccc1[N+](=O)[O-]. The van der Waals surface area contributed by atoms with E-state index in [-0.39, 0.29) is 16.5 Å². The first-order chi connectivity index (χ1) is 12.1. The highest BCUT2D eigenvalue weighted by molar-refractivity contribution is 7.12. The van der Waals surface area contributed by atoms with Gasteiger partial charge in [-0.05, 0) is 30.4 Å². The summed E-state index contributed by atoms with van der Waals surface area (Å²) in [6, 6.07) is 8.99. The van der Waals surface area contributed by atoms with Crippen LogP contribution in [0.25, 0.3) is 0 Å². The number of thiophene rings is 1. The van der Waals surface area contributed by atoms with E-state index >= 15 is 0 Å². The number of hydrogen-bond acceptors (Lipinski definition) is 5. The third kappa shape index (κ3) is 4.05. The maximum Gasteiger partial charge on any atom is 0.272 e. The van der Waals surface area contributed by atoms with Crippen LogP contribution in [-0.2, 0) is 6.54 Å². The smallest absolute Gasteiger partial charge is 0.272 e. The number of nitro groups is 1. The van der Waals surface area contributed by atoms with Gasteiger partial charge in [-0.25, -0.2) is 0 Å². The van der Waals surface area contributed by atoms with Gasteiger partial charge in [0.2, 0.25) is 0 Å². The third-order valence-corrected chi connectivity index (χ3v) is 5.47. The Morgan fingerprint density at radius 3 is 2.76 bits per heavy atom. The highest BCUT2D eigenvalue weighted by Crippen LogP contribution is 2.23. The van der Waals surface area contributed by atoms with E-state index in [1.165, 1.54) is 11.3 Å². The first-order valence-electron chi connectivity index (χ1n) is 8.34. The van der Waals surface area contributed by atoms with Gasteiger partial charge in [0, 0.05) is 44.4 Å². The summed E-state index contributed by atoms with van der Waals surface area (Å²) in [5.74, 6) is 0.100. The van der Waals surface area contributed by atoms with Crippen molar-refractivity contribution in [1.29, 1.82) is 0 Å². The fraction of sp³-hybridized carbons (Fsp3) is 0.389. The summed E-state index contributed by atoms with van der Waals surface area (Å²) in [4.78, 5) is 28.2. The molecule has 1 aromatic heterocycles. The minimum Gasteiger partial charge on any atom is -0.337 e. The normalized spacial score (nSPS) is 15.8. The number of amides is 1. The lowest BCUT2D eigenvalue weighted by molar-refractivity contribution is -0.385. The molecule has 1 aromatic carbocycles. The van der Waals surface area contributed by atoms with Gasteiger partial charge in [-0.2, -0.15) is 0 Å². The van der Waals surface area contributed by atoms with Gasteiger partial charge in [-0.15, -0.1) is 11.3 Å². The summed E-state index contributed by atoms with van der Waals surface area (Å²) in [6.07, 6.45) is 0.908. The van der Waals surface area contributed by atoms with Gasteiger partial charge in [0.25, 0.3) is 11.6 Å². The predicted molar refractivity (Wildman–Crippen MR) is 97.9 cm³/mol. The number of benzene rings is 1. The number of nitrogens with zero attached hydrogens (tertiary/aromatic N) is 3. The molecule has 25 heavy (non-hydrogen) atoms. The molecule has 0 bridgehead atoms. The average molecular weight is 359 g/mol. The second kappa shape index (κ2) is 7.76. The Bertz CT molecular complexity index is 761. The van der Waals surface area contributed by atoms with E-state index < -0.39 is 0 Å². The minimum absolute atomic E-state index is 0.100. The van der Waals surface area contributed by atoms with Crippen molar-refractivity contribution in [2.45, 2.75) is 19.9 Å². The molecule has 0 spiro atoms. The molecule has 0 atom stereocenters. The van der Waals surface area contributed by atoms with E-state index in [2.05, 4.69) is 4.90 Å². The van der Waals surface area contributed by atoms with Crippen LogP contribution in [0.5, 0.6) is 0 Å². The molecule has 0 saturated carbocycles. The van der Waals surface area contributed by atoms with Gasteiger partial charge in [0.1, 0.15) is 0 Å². The lowest BCUT2D eigenvalue weighted by Crippen LogP contribution is -2.34. The standard InChI is InChI=1S/C18H21N3O3S/c1-14-15(5-2-6-16(14)21(23)24)13-19-8-4-9-20(11-10-19)18(22)17-7-3-12-25-17/h2-3,5-7,12H,4,8-11,13H2,1H3. The van der Waals surface area contributed by atoms with E-state index in [0.717, 1.165) is 42.1 Å². The van der Waals surface area contributed by atoms with Gasteiger partial charge < -0.3 is 4.90 Å². The topological polar surface area (TPSA) is 66.7 Å². The Kier molecular flexibility index (Phi) is 5.45.